The first-order valence-corrected chi connectivity index (χ1v) is 8.22. The molecule has 2 rings (SSSR count). The molecule has 1 N–H and O–H groups in total. The third-order valence-electron chi connectivity index (χ3n) is 3.09. The van der Waals surface area contributed by atoms with Gasteiger partial charge in [-0.3, -0.25) is 0 Å². The fourth-order valence-electron chi connectivity index (χ4n) is 1.99. The van der Waals surface area contributed by atoms with E-state index in [1.807, 2.05) is 30.0 Å². The Labute approximate surface area is 135 Å². The highest BCUT2D eigenvalue weighted by atomic mass is 16.6. The summed E-state index contributed by atoms with van der Waals surface area (Å²) >= 11 is 0. The van der Waals surface area contributed by atoms with Gasteiger partial charge in [-0.25, -0.2) is 0 Å². The molecule has 1 atom stereocenters. The predicted octanol–water partition coefficient (Wildman–Crippen LogP) is 3.60. The van der Waals surface area contributed by atoms with Crippen LogP contribution in [0.15, 0.2) is 18.2 Å². The van der Waals surface area contributed by atoms with Gasteiger partial charge in [0.1, 0.15) is 12.5 Å². The summed E-state index contributed by atoms with van der Waals surface area (Å²) in [7, 11) is 0. The minimum absolute atomic E-state index is 0.00684. The van der Waals surface area contributed by atoms with E-state index in [1.165, 1.54) is 6.42 Å². The maximum Gasteiger partial charge on any atom is 0.119 e. The lowest BCUT2D eigenvalue weighted by molar-refractivity contribution is 0.270. The molecule has 4 heteroatoms. The fraction of sp³-hybridized carbons (Fsp3) is 0.667. The monoisotopic (exact) mass is 309 g/mol. The molecule has 0 amide bonds. The summed E-state index contributed by atoms with van der Waals surface area (Å²) in [4.78, 5) is 1.93. The molecule has 126 valence electrons. The van der Waals surface area contributed by atoms with Crippen molar-refractivity contribution in [2.24, 2.45) is 5.92 Å². The third-order valence-corrected chi connectivity index (χ3v) is 3.09. The van der Waals surface area contributed by atoms with E-state index in [1.54, 1.807) is 0 Å². The molecule has 0 radical (unpaired) electrons. The molecule has 0 bridgehead atoms. The summed E-state index contributed by atoms with van der Waals surface area (Å²) in [5.41, 5.74) is 2.14. The number of aliphatic hydroxyl groups is 1. The van der Waals surface area contributed by atoms with Crippen LogP contribution in [0.1, 0.15) is 39.7 Å². The number of ether oxygens (including phenoxy) is 2. The minimum Gasteiger partial charge on any atom is -0.493 e. The Kier molecular flexibility index (Phi) is 8.28. The van der Waals surface area contributed by atoms with Gasteiger partial charge in [0.2, 0.25) is 0 Å². The molecule has 1 aromatic rings. The van der Waals surface area contributed by atoms with Gasteiger partial charge >= 0.3 is 0 Å². The van der Waals surface area contributed by atoms with Gasteiger partial charge in [-0.1, -0.05) is 34.1 Å². The van der Waals surface area contributed by atoms with Gasteiger partial charge in [-0.05, 0) is 36.6 Å². The zero-order valence-electron chi connectivity index (χ0n) is 14.6. The van der Waals surface area contributed by atoms with Gasteiger partial charge in [0.15, 0.2) is 0 Å². The normalized spacial score (nSPS) is 16.0. The summed E-state index contributed by atoms with van der Waals surface area (Å²) in [6, 6.07) is 5.98. The molecule has 1 heterocycles. The summed E-state index contributed by atoms with van der Waals surface area (Å²) in [6.45, 7) is 12.8. The SMILES string of the molecule is CCC.Cc1cc(OCC(C)C)ccc1N(CO)CC1CO1. The Morgan fingerprint density at radius 3 is 2.45 bits per heavy atom. The quantitative estimate of drug-likeness (QED) is 0.617. The first-order valence-electron chi connectivity index (χ1n) is 8.22. The molecule has 1 aliphatic rings. The molecule has 1 aromatic carbocycles. The van der Waals surface area contributed by atoms with Crippen LogP contribution in [0.25, 0.3) is 0 Å². The van der Waals surface area contributed by atoms with E-state index in [9.17, 15) is 5.11 Å². The lowest BCUT2D eigenvalue weighted by Crippen LogP contribution is -2.29. The largest absolute Gasteiger partial charge is 0.493 e. The number of hydrogen-bond donors (Lipinski definition) is 1. The number of hydrogen-bond acceptors (Lipinski definition) is 4. The van der Waals surface area contributed by atoms with Crippen molar-refractivity contribution >= 4 is 5.69 Å². The van der Waals surface area contributed by atoms with Gasteiger partial charge in [0.05, 0.1) is 19.3 Å². The van der Waals surface area contributed by atoms with Crippen LogP contribution in [0.2, 0.25) is 0 Å². The maximum atomic E-state index is 9.47. The van der Waals surface area contributed by atoms with Crippen molar-refractivity contribution in [2.45, 2.75) is 47.1 Å². The van der Waals surface area contributed by atoms with E-state index >= 15 is 0 Å². The second-order valence-electron chi connectivity index (χ2n) is 6.18. The minimum atomic E-state index is 0.00684. The van der Waals surface area contributed by atoms with Crippen molar-refractivity contribution in [3.8, 4) is 5.75 Å². The number of epoxide rings is 1. The van der Waals surface area contributed by atoms with Gasteiger partial charge in [0.25, 0.3) is 0 Å². The Morgan fingerprint density at radius 1 is 1.36 bits per heavy atom. The molecule has 4 nitrogen and oxygen atoms in total. The predicted molar refractivity (Wildman–Crippen MR) is 91.6 cm³/mol. The van der Waals surface area contributed by atoms with Crippen LogP contribution in [0.5, 0.6) is 5.75 Å². The molecule has 22 heavy (non-hydrogen) atoms. The smallest absolute Gasteiger partial charge is 0.119 e. The topological polar surface area (TPSA) is 45.2 Å². The fourth-order valence-corrected chi connectivity index (χ4v) is 1.99. The van der Waals surface area contributed by atoms with Gasteiger partial charge in [-0.15, -0.1) is 0 Å². The molecular weight excluding hydrogens is 278 g/mol. The Morgan fingerprint density at radius 2 is 2.00 bits per heavy atom. The van der Waals surface area contributed by atoms with Gasteiger partial charge in [-0.2, -0.15) is 0 Å². The van der Waals surface area contributed by atoms with Crippen LogP contribution in [0.4, 0.5) is 5.69 Å². The van der Waals surface area contributed by atoms with Crippen molar-refractivity contribution in [2.75, 3.05) is 31.4 Å². The average molecular weight is 309 g/mol. The Bertz CT molecular complexity index is 430. The Hall–Kier alpha value is -1.26. The van der Waals surface area contributed by atoms with Crippen LogP contribution in [-0.2, 0) is 4.74 Å². The van der Waals surface area contributed by atoms with Crippen LogP contribution in [0.3, 0.4) is 0 Å². The summed E-state index contributed by atoms with van der Waals surface area (Å²) in [5, 5.41) is 9.47. The van der Waals surface area contributed by atoms with E-state index in [0.29, 0.717) is 5.92 Å². The van der Waals surface area contributed by atoms with Gasteiger partial charge in [0, 0.05) is 12.2 Å². The Balaban J connectivity index is 0.000000745. The van der Waals surface area contributed by atoms with E-state index < -0.39 is 0 Å². The molecule has 0 spiro atoms. The zero-order chi connectivity index (χ0) is 16.5. The molecule has 0 saturated carbocycles. The number of nitrogens with zero attached hydrogens (tertiary/aromatic N) is 1. The van der Waals surface area contributed by atoms with Crippen LogP contribution >= 0.6 is 0 Å². The van der Waals surface area contributed by atoms with Crippen molar-refractivity contribution < 1.29 is 14.6 Å². The zero-order valence-corrected chi connectivity index (χ0v) is 14.6. The first kappa shape index (κ1) is 18.8. The van der Waals surface area contributed by atoms with Crippen molar-refractivity contribution in [1.29, 1.82) is 0 Å². The standard InChI is InChI=1S/C15H23NO3.C3H8/c1-11(2)8-18-13-4-5-15(12(3)6-13)16(10-17)7-14-9-19-14;1-3-2/h4-6,11,14,17H,7-10H2,1-3H3;3H2,1-2H3. The van der Waals surface area contributed by atoms with Gasteiger partial charge < -0.3 is 19.5 Å². The molecule has 0 aliphatic carbocycles. The lowest BCUT2D eigenvalue weighted by atomic mass is 10.1. The van der Waals surface area contributed by atoms with Crippen LogP contribution in [0, 0.1) is 12.8 Å². The molecular formula is C18H31NO3. The second-order valence-corrected chi connectivity index (χ2v) is 6.18. The maximum absolute atomic E-state index is 9.47. The van der Waals surface area contributed by atoms with Crippen molar-refractivity contribution in [3.63, 3.8) is 0 Å². The third kappa shape index (κ3) is 6.67. The van der Waals surface area contributed by atoms with Crippen LogP contribution in [-0.4, -0.2) is 37.7 Å². The highest BCUT2D eigenvalue weighted by Gasteiger charge is 2.25. The first-order chi connectivity index (χ1) is 10.5. The van der Waals surface area contributed by atoms with Crippen molar-refractivity contribution in [3.05, 3.63) is 23.8 Å². The highest BCUT2D eigenvalue weighted by molar-refractivity contribution is 5.55. The highest BCUT2D eigenvalue weighted by Crippen LogP contribution is 2.26. The molecule has 1 saturated heterocycles. The van der Waals surface area contributed by atoms with Crippen LogP contribution < -0.4 is 9.64 Å². The molecule has 1 aliphatic heterocycles. The summed E-state index contributed by atoms with van der Waals surface area (Å²) in [6.07, 6.45) is 1.52. The van der Waals surface area contributed by atoms with Crippen molar-refractivity contribution in [1.82, 2.24) is 0 Å². The van der Waals surface area contributed by atoms with E-state index in [0.717, 1.165) is 36.8 Å². The molecule has 1 unspecified atom stereocenters. The number of aliphatic hydroxyl groups excluding tert-OH is 1. The number of rotatable bonds is 7. The number of benzene rings is 1. The number of anilines is 1. The van der Waals surface area contributed by atoms with E-state index in [-0.39, 0.29) is 12.8 Å². The van der Waals surface area contributed by atoms with E-state index in [2.05, 4.69) is 27.7 Å². The average Bonchev–Trinajstić information content (AvgIpc) is 3.28. The molecule has 0 aromatic heterocycles. The molecule has 1 fully saturated rings. The number of aryl methyl sites for hydroxylation is 1. The second kappa shape index (κ2) is 9.70. The summed E-state index contributed by atoms with van der Waals surface area (Å²) < 4.78 is 10.9. The lowest BCUT2D eigenvalue weighted by Gasteiger charge is -2.23. The van der Waals surface area contributed by atoms with E-state index in [4.69, 9.17) is 9.47 Å². The summed E-state index contributed by atoms with van der Waals surface area (Å²) in [5.74, 6) is 1.40.